The second-order valence-electron chi connectivity index (χ2n) is 2.05. The minimum atomic E-state index is 0.513. The van der Waals surface area contributed by atoms with Crippen molar-refractivity contribution in [1.82, 2.24) is 5.32 Å². The second kappa shape index (κ2) is 3.04. The Balaban J connectivity index is 2.77. The third kappa shape index (κ3) is 1.36. The first-order valence-electron chi connectivity index (χ1n) is 3.26. The molecule has 2 heteroatoms. The summed E-state index contributed by atoms with van der Waals surface area (Å²) in [5, 5.41) is 2.92. The first-order valence-corrected chi connectivity index (χ1v) is 3.26. The Kier molecular flexibility index (Phi) is 2.08. The Morgan fingerprint density at radius 1 is 1.70 bits per heavy atom. The maximum Gasteiger partial charge on any atom is 0.150 e. The van der Waals surface area contributed by atoms with Crippen molar-refractivity contribution < 1.29 is 4.79 Å². The van der Waals surface area contributed by atoms with Gasteiger partial charge in [0.1, 0.15) is 5.70 Å². The lowest BCUT2D eigenvalue weighted by Gasteiger charge is -2.09. The van der Waals surface area contributed by atoms with Crippen molar-refractivity contribution in [3.8, 4) is 0 Å². The van der Waals surface area contributed by atoms with Gasteiger partial charge < -0.3 is 5.32 Å². The zero-order valence-corrected chi connectivity index (χ0v) is 5.85. The molecule has 1 rings (SSSR count). The van der Waals surface area contributed by atoms with E-state index in [1.54, 1.807) is 12.0 Å². The van der Waals surface area contributed by atoms with E-state index in [4.69, 9.17) is 0 Å². The summed E-state index contributed by atoms with van der Waals surface area (Å²) in [5.74, 6) is 1.80. The molecule has 0 radical (unpaired) electrons. The lowest BCUT2D eigenvalue weighted by Crippen LogP contribution is -2.13. The van der Waals surface area contributed by atoms with Gasteiger partial charge in [-0.15, -0.1) is 0 Å². The van der Waals surface area contributed by atoms with Crippen LogP contribution in [0.25, 0.3) is 0 Å². The Hall–Kier alpha value is -1.27. The van der Waals surface area contributed by atoms with E-state index in [2.05, 4.69) is 5.32 Å². The fraction of sp³-hybridized carbons (Fsp3) is 0.250. The monoisotopic (exact) mass is 135 g/mol. The number of carbonyl (C=O) groups excluding carboxylic acids is 1. The molecule has 10 heavy (non-hydrogen) atoms. The standard InChI is InChI=1S/C8H9NO/c1-2-7-4-3-5-8(6-10)9-7/h3-5,9H,2H2,1H3. The zero-order chi connectivity index (χ0) is 7.40. The van der Waals surface area contributed by atoms with E-state index in [0.717, 1.165) is 12.1 Å². The number of nitrogens with one attached hydrogen (secondary N) is 1. The van der Waals surface area contributed by atoms with Gasteiger partial charge in [0.2, 0.25) is 0 Å². The minimum Gasteiger partial charge on any atom is -0.350 e. The summed E-state index contributed by atoms with van der Waals surface area (Å²) in [6.45, 7) is 2.03. The van der Waals surface area contributed by atoms with Crippen LogP contribution in [0.3, 0.4) is 0 Å². The second-order valence-corrected chi connectivity index (χ2v) is 2.05. The normalized spacial score (nSPS) is 15.7. The predicted octanol–water partition coefficient (Wildman–Crippen LogP) is 1.16. The summed E-state index contributed by atoms with van der Waals surface area (Å²) in [7, 11) is 0. The third-order valence-electron chi connectivity index (χ3n) is 1.35. The van der Waals surface area contributed by atoms with E-state index >= 15 is 0 Å². The van der Waals surface area contributed by atoms with Crippen LogP contribution in [0.1, 0.15) is 13.3 Å². The van der Waals surface area contributed by atoms with Crippen molar-refractivity contribution in [3.05, 3.63) is 29.6 Å². The highest BCUT2D eigenvalue weighted by Gasteiger charge is 1.98. The molecule has 1 heterocycles. The van der Waals surface area contributed by atoms with E-state index in [-0.39, 0.29) is 0 Å². The molecule has 52 valence electrons. The SMILES string of the molecule is CCC1=CC=CC(=C=O)N1. The van der Waals surface area contributed by atoms with Crippen molar-refractivity contribution in [2.75, 3.05) is 0 Å². The van der Waals surface area contributed by atoms with Gasteiger partial charge in [-0.3, -0.25) is 0 Å². The lowest BCUT2D eigenvalue weighted by molar-refractivity contribution is 0.566. The quantitative estimate of drug-likeness (QED) is 0.546. The first-order chi connectivity index (χ1) is 4.86. The Bertz CT molecular complexity index is 232. The highest BCUT2D eigenvalue weighted by molar-refractivity contribution is 5.58. The summed E-state index contributed by atoms with van der Waals surface area (Å²) < 4.78 is 0. The van der Waals surface area contributed by atoms with Gasteiger partial charge in [-0.1, -0.05) is 13.0 Å². The van der Waals surface area contributed by atoms with E-state index in [1.165, 1.54) is 0 Å². The molecule has 0 aliphatic carbocycles. The van der Waals surface area contributed by atoms with Gasteiger partial charge >= 0.3 is 0 Å². The molecule has 2 nitrogen and oxygen atoms in total. The summed E-state index contributed by atoms with van der Waals surface area (Å²) in [6.07, 6.45) is 6.40. The summed E-state index contributed by atoms with van der Waals surface area (Å²) >= 11 is 0. The molecule has 0 atom stereocenters. The minimum absolute atomic E-state index is 0.513. The average Bonchev–Trinajstić information content (AvgIpc) is 2.05. The first kappa shape index (κ1) is 6.84. The Morgan fingerprint density at radius 3 is 3.10 bits per heavy atom. The van der Waals surface area contributed by atoms with Crippen molar-refractivity contribution in [3.63, 3.8) is 0 Å². The summed E-state index contributed by atoms with van der Waals surface area (Å²) in [6, 6.07) is 0. The zero-order valence-electron chi connectivity index (χ0n) is 5.85. The van der Waals surface area contributed by atoms with E-state index in [1.807, 2.05) is 19.1 Å². The van der Waals surface area contributed by atoms with Crippen LogP contribution in [0.4, 0.5) is 0 Å². The number of hydrogen-bond donors (Lipinski definition) is 1. The molecule has 0 amide bonds. The molecule has 0 saturated carbocycles. The Morgan fingerprint density at radius 2 is 2.50 bits per heavy atom. The molecule has 1 aliphatic heterocycles. The molecule has 0 aromatic heterocycles. The maximum absolute atomic E-state index is 10.1. The number of rotatable bonds is 1. The topological polar surface area (TPSA) is 29.1 Å². The van der Waals surface area contributed by atoms with Gasteiger partial charge in [0.15, 0.2) is 5.94 Å². The van der Waals surface area contributed by atoms with Crippen molar-refractivity contribution in [2.45, 2.75) is 13.3 Å². The number of dihydropyridines is 1. The van der Waals surface area contributed by atoms with E-state index in [9.17, 15) is 4.79 Å². The molecule has 1 N–H and O–H groups in total. The molecule has 1 aliphatic rings. The van der Waals surface area contributed by atoms with E-state index < -0.39 is 0 Å². The smallest absolute Gasteiger partial charge is 0.150 e. The van der Waals surface area contributed by atoms with Crippen LogP contribution in [0, 0.1) is 0 Å². The molecule has 0 aromatic carbocycles. The van der Waals surface area contributed by atoms with Crippen molar-refractivity contribution in [2.24, 2.45) is 0 Å². The van der Waals surface area contributed by atoms with Gasteiger partial charge in [0.05, 0.1) is 0 Å². The van der Waals surface area contributed by atoms with E-state index in [0.29, 0.717) is 5.70 Å². The summed E-state index contributed by atoms with van der Waals surface area (Å²) in [5.41, 5.74) is 1.57. The molecule has 0 bridgehead atoms. The van der Waals surface area contributed by atoms with Gasteiger partial charge in [-0.2, -0.15) is 0 Å². The molecule has 0 fully saturated rings. The van der Waals surface area contributed by atoms with Crippen LogP contribution in [0.15, 0.2) is 29.6 Å². The average molecular weight is 135 g/mol. The Labute approximate surface area is 59.9 Å². The molecule has 0 saturated heterocycles. The number of allylic oxidation sites excluding steroid dienone is 4. The van der Waals surface area contributed by atoms with Crippen molar-refractivity contribution in [1.29, 1.82) is 0 Å². The van der Waals surface area contributed by atoms with Crippen molar-refractivity contribution >= 4 is 5.94 Å². The van der Waals surface area contributed by atoms with Crippen LogP contribution in [-0.2, 0) is 4.79 Å². The van der Waals surface area contributed by atoms with Crippen LogP contribution in [0.5, 0.6) is 0 Å². The highest BCUT2D eigenvalue weighted by Crippen LogP contribution is 2.04. The molecule has 0 aromatic rings. The maximum atomic E-state index is 10.1. The van der Waals surface area contributed by atoms with Crippen LogP contribution in [-0.4, -0.2) is 5.94 Å². The fourth-order valence-corrected chi connectivity index (χ4v) is 0.783. The van der Waals surface area contributed by atoms with Gasteiger partial charge in [0.25, 0.3) is 0 Å². The molecule has 0 unspecified atom stereocenters. The molecular weight excluding hydrogens is 126 g/mol. The van der Waals surface area contributed by atoms with Crippen LogP contribution in [0.2, 0.25) is 0 Å². The fourth-order valence-electron chi connectivity index (χ4n) is 0.783. The number of hydrogen-bond acceptors (Lipinski definition) is 2. The molecule has 0 spiro atoms. The van der Waals surface area contributed by atoms with Gasteiger partial charge in [-0.25, -0.2) is 4.79 Å². The highest BCUT2D eigenvalue weighted by atomic mass is 16.1. The van der Waals surface area contributed by atoms with Gasteiger partial charge in [-0.05, 0) is 18.6 Å². The van der Waals surface area contributed by atoms with Crippen LogP contribution >= 0.6 is 0 Å². The summed E-state index contributed by atoms with van der Waals surface area (Å²) in [4.78, 5) is 10.1. The van der Waals surface area contributed by atoms with Crippen LogP contribution < -0.4 is 5.32 Å². The van der Waals surface area contributed by atoms with Gasteiger partial charge in [0, 0.05) is 5.70 Å². The molecular formula is C8H9NO. The third-order valence-corrected chi connectivity index (χ3v) is 1.35. The predicted molar refractivity (Wildman–Crippen MR) is 39.9 cm³/mol. The lowest BCUT2D eigenvalue weighted by atomic mass is 10.2. The largest absolute Gasteiger partial charge is 0.350 e.